The summed E-state index contributed by atoms with van der Waals surface area (Å²) in [5.74, 6) is 0.429. The second-order valence-corrected chi connectivity index (χ2v) is 4.51. The van der Waals surface area contributed by atoms with Crippen LogP contribution in [0.2, 0.25) is 0 Å². The molecule has 1 rings (SSSR count). The lowest BCUT2D eigenvalue weighted by atomic mass is 9.96. The molecule has 1 aromatic heterocycles. The Morgan fingerprint density at radius 1 is 1.50 bits per heavy atom. The van der Waals surface area contributed by atoms with Crippen LogP contribution in [0, 0.1) is 5.92 Å². The second kappa shape index (κ2) is 6.01. The molecule has 1 aromatic rings. The van der Waals surface area contributed by atoms with Gasteiger partial charge in [0.05, 0.1) is 11.8 Å². The maximum atomic E-state index is 6.17. The van der Waals surface area contributed by atoms with Gasteiger partial charge in [-0.2, -0.15) is 5.10 Å². The third-order valence-electron chi connectivity index (χ3n) is 2.65. The summed E-state index contributed by atoms with van der Waals surface area (Å²) in [6.07, 6.45) is 2.81. The van der Waals surface area contributed by atoms with Crippen molar-refractivity contribution < 1.29 is 4.74 Å². The van der Waals surface area contributed by atoms with Gasteiger partial charge in [0.15, 0.2) is 0 Å². The van der Waals surface area contributed by atoms with Gasteiger partial charge in [0.2, 0.25) is 0 Å². The van der Waals surface area contributed by atoms with Gasteiger partial charge in [0.1, 0.15) is 0 Å². The lowest BCUT2D eigenvalue weighted by molar-refractivity contribution is 0.0125. The van der Waals surface area contributed by atoms with Crippen LogP contribution in [0.5, 0.6) is 0 Å². The third kappa shape index (κ3) is 3.61. The van der Waals surface area contributed by atoms with Gasteiger partial charge in [-0.05, 0) is 18.9 Å². The molecule has 0 bridgehead atoms. The number of nitrogens with two attached hydrogens (primary N) is 1. The van der Waals surface area contributed by atoms with E-state index in [1.807, 2.05) is 26.2 Å². The fourth-order valence-electron chi connectivity index (χ4n) is 1.93. The molecule has 0 aliphatic carbocycles. The van der Waals surface area contributed by atoms with Crippen LogP contribution in [-0.2, 0) is 18.2 Å². The van der Waals surface area contributed by atoms with Crippen LogP contribution in [0.4, 0.5) is 0 Å². The molecule has 0 aromatic carbocycles. The first-order valence-electron chi connectivity index (χ1n) is 5.90. The highest BCUT2D eigenvalue weighted by Crippen LogP contribution is 2.13. The highest BCUT2D eigenvalue weighted by molar-refractivity contribution is 5.02. The predicted octanol–water partition coefficient (Wildman–Crippen LogP) is 1.35. The molecule has 0 aliphatic rings. The molecule has 0 amide bonds. The first kappa shape index (κ1) is 13.2. The van der Waals surface area contributed by atoms with Gasteiger partial charge < -0.3 is 10.5 Å². The zero-order valence-corrected chi connectivity index (χ0v) is 10.7. The van der Waals surface area contributed by atoms with E-state index in [-0.39, 0.29) is 12.1 Å². The van der Waals surface area contributed by atoms with Crippen molar-refractivity contribution in [2.45, 2.75) is 39.3 Å². The number of rotatable bonds is 6. The Kier molecular flexibility index (Phi) is 4.96. The molecular formula is C12H23N3O. The van der Waals surface area contributed by atoms with Crippen molar-refractivity contribution in [1.82, 2.24) is 9.78 Å². The Bertz CT molecular complexity index is 309. The Balaban J connectivity index is 2.57. The standard InChI is InChI=1S/C12H23N3O/c1-5-16-12(9(2)3)11(13)8-10-6-7-15(4)14-10/h6-7,9,11-12H,5,8,13H2,1-4H3. The quantitative estimate of drug-likeness (QED) is 0.795. The highest BCUT2D eigenvalue weighted by Gasteiger charge is 2.22. The smallest absolute Gasteiger partial charge is 0.0752 e. The van der Waals surface area contributed by atoms with Crippen LogP contribution < -0.4 is 5.73 Å². The molecule has 16 heavy (non-hydrogen) atoms. The van der Waals surface area contributed by atoms with Crippen LogP contribution in [-0.4, -0.2) is 28.5 Å². The molecule has 0 radical (unpaired) electrons. The number of hydrogen-bond acceptors (Lipinski definition) is 3. The molecule has 0 saturated heterocycles. The van der Waals surface area contributed by atoms with Crippen LogP contribution >= 0.6 is 0 Å². The maximum absolute atomic E-state index is 6.17. The zero-order valence-electron chi connectivity index (χ0n) is 10.7. The number of hydrogen-bond donors (Lipinski definition) is 1. The number of ether oxygens (including phenoxy) is 1. The largest absolute Gasteiger partial charge is 0.377 e. The number of aryl methyl sites for hydroxylation is 1. The molecular weight excluding hydrogens is 202 g/mol. The molecule has 4 heteroatoms. The van der Waals surface area contributed by atoms with Crippen molar-refractivity contribution in [3.05, 3.63) is 18.0 Å². The Labute approximate surface area is 97.8 Å². The topological polar surface area (TPSA) is 53.1 Å². The van der Waals surface area contributed by atoms with Gasteiger partial charge in [0.25, 0.3) is 0 Å². The van der Waals surface area contributed by atoms with Gasteiger partial charge >= 0.3 is 0 Å². The van der Waals surface area contributed by atoms with Crippen LogP contribution in [0.3, 0.4) is 0 Å². The molecule has 2 atom stereocenters. The minimum absolute atomic E-state index is 0.00912. The van der Waals surface area contributed by atoms with E-state index in [0.29, 0.717) is 12.5 Å². The second-order valence-electron chi connectivity index (χ2n) is 4.51. The Morgan fingerprint density at radius 3 is 2.62 bits per heavy atom. The van der Waals surface area contributed by atoms with Gasteiger partial charge in [-0.1, -0.05) is 13.8 Å². The van der Waals surface area contributed by atoms with Crippen molar-refractivity contribution in [2.24, 2.45) is 18.7 Å². The van der Waals surface area contributed by atoms with Crippen LogP contribution in [0.25, 0.3) is 0 Å². The maximum Gasteiger partial charge on any atom is 0.0752 e. The van der Waals surface area contributed by atoms with Crippen molar-refractivity contribution in [2.75, 3.05) is 6.61 Å². The summed E-state index contributed by atoms with van der Waals surface area (Å²) in [4.78, 5) is 0. The molecule has 0 fully saturated rings. The fourth-order valence-corrected chi connectivity index (χ4v) is 1.93. The molecule has 0 aliphatic heterocycles. The molecule has 2 unspecified atom stereocenters. The van der Waals surface area contributed by atoms with Crippen LogP contribution in [0.15, 0.2) is 12.3 Å². The van der Waals surface area contributed by atoms with E-state index in [0.717, 1.165) is 12.1 Å². The van der Waals surface area contributed by atoms with E-state index in [1.165, 1.54) is 0 Å². The average Bonchev–Trinajstić information content (AvgIpc) is 2.59. The van der Waals surface area contributed by atoms with Gasteiger partial charge in [-0.15, -0.1) is 0 Å². The van der Waals surface area contributed by atoms with Crippen molar-refractivity contribution in [3.63, 3.8) is 0 Å². The summed E-state index contributed by atoms with van der Waals surface area (Å²) in [5, 5.41) is 4.33. The SMILES string of the molecule is CCOC(C(C)C)C(N)Cc1ccn(C)n1. The summed E-state index contributed by atoms with van der Waals surface area (Å²) < 4.78 is 7.48. The summed E-state index contributed by atoms with van der Waals surface area (Å²) in [6.45, 7) is 6.98. The predicted molar refractivity (Wildman–Crippen MR) is 65.1 cm³/mol. The van der Waals surface area contributed by atoms with E-state index < -0.39 is 0 Å². The average molecular weight is 225 g/mol. The van der Waals surface area contributed by atoms with E-state index in [4.69, 9.17) is 10.5 Å². The minimum atomic E-state index is 0.00912. The fraction of sp³-hybridized carbons (Fsp3) is 0.750. The summed E-state index contributed by atoms with van der Waals surface area (Å²) in [5.41, 5.74) is 7.20. The highest BCUT2D eigenvalue weighted by atomic mass is 16.5. The van der Waals surface area contributed by atoms with Crippen molar-refractivity contribution >= 4 is 0 Å². The number of nitrogens with zero attached hydrogens (tertiary/aromatic N) is 2. The lowest BCUT2D eigenvalue weighted by Gasteiger charge is -2.26. The molecule has 4 nitrogen and oxygen atoms in total. The number of aromatic nitrogens is 2. The van der Waals surface area contributed by atoms with Crippen LogP contribution in [0.1, 0.15) is 26.5 Å². The normalized spacial score (nSPS) is 15.4. The molecule has 2 N–H and O–H groups in total. The first-order chi connectivity index (χ1) is 7.54. The zero-order chi connectivity index (χ0) is 12.1. The van der Waals surface area contributed by atoms with E-state index in [2.05, 4.69) is 18.9 Å². The summed E-state index contributed by atoms with van der Waals surface area (Å²) in [7, 11) is 1.91. The van der Waals surface area contributed by atoms with E-state index in [9.17, 15) is 0 Å². The Hall–Kier alpha value is -0.870. The Morgan fingerprint density at radius 2 is 2.19 bits per heavy atom. The monoisotopic (exact) mass is 225 g/mol. The van der Waals surface area contributed by atoms with Gasteiger partial charge in [-0.3, -0.25) is 4.68 Å². The van der Waals surface area contributed by atoms with Crippen molar-refractivity contribution in [3.8, 4) is 0 Å². The van der Waals surface area contributed by atoms with Gasteiger partial charge in [0, 0.05) is 32.3 Å². The van der Waals surface area contributed by atoms with Crippen molar-refractivity contribution in [1.29, 1.82) is 0 Å². The summed E-state index contributed by atoms with van der Waals surface area (Å²) >= 11 is 0. The molecule has 0 spiro atoms. The molecule has 1 heterocycles. The first-order valence-corrected chi connectivity index (χ1v) is 5.90. The van der Waals surface area contributed by atoms with E-state index >= 15 is 0 Å². The minimum Gasteiger partial charge on any atom is -0.377 e. The third-order valence-corrected chi connectivity index (χ3v) is 2.65. The molecule has 0 saturated carbocycles. The van der Waals surface area contributed by atoms with Gasteiger partial charge in [-0.25, -0.2) is 0 Å². The summed E-state index contributed by atoms with van der Waals surface area (Å²) in [6, 6.07) is 2.01. The molecule has 92 valence electrons. The van der Waals surface area contributed by atoms with E-state index in [1.54, 1.807) is 4.68 Å². The lowest BCUT2D eigenvalue weighted by Crippen LogP contribution is -2.42.